The molecule has 0 aliphatic rings. The molecule has 1 aromatic carbocycles. The third-order valence-electron chi connectivity index (χ3n) is 2.63. The topological polar surface area (TPSA) is 61.3 Å². The first-order chi connectivity index (χ1) is 7.63. The average molecular weight is 218 g/mol. The highest BCUT2D eigenvalue weighted by Gasteiger charge is 2.12. The quantitative estimate of drug-likeness (QED) is 0.841. The number of aryl methyl sites for hydroxylation is 1. The van der Waals surface area contributed by atoms with E-state index in [1.807, 2.05) is 32.0 Å². The van der Waals surface area contributed by atoms with Crippen molar-refractivity contribution in [2.75, 3.05) is 12.8 Å². The van der Waals surface area contributed by atoms with Gasteiger partial charge in [0, 0.05) is 11.1 Å². The standard InChI is InChI=1S/C12H14N2O2/c1-7-4-5-9(6-10(7)15-3)11-8(2)12(13)14-16-11/h4-6H,1-3H3,(H2,13,14). The number of nitrogens with zero attached hydrogens (tertiary/aromatic N) is 1. The number of aromatic nitrogens is 1. The number of nitrogen functional groups attached to an aromatic ring is 1. The summed E-state index contributed by atoms with van der Waals surface area (Å²) < 4.78 is 10.5. The monoisotopic (exact) mass is 218 g/mol. The van der Waals surface area contributed by atoms with E-state index in [4.69, 9.17) is 15.0 Å². The van der Waals surface area contributed by atoms with Gasteiger partial charge in [0.05, 0.1) is 7.11 Å². The van der Waals surface area contributed by atoms with Crippen molar-refractivity contribution in [1.82, 2.24) is 5.16 Å². The molecule has 0 saturated carbocycles. The molecule has 0 aliphatic carbocycles. The average Bonchev–Trinajstić information content (AvgIpc) is 2.61. The summed E-state index contributed by atoms with van der Waals surface area (Å²) in [6.45, 7) is 3.87. The Balaban J connectivity index is 2.52. The maximum atomic E-state index is 5.64. The minimum Gasteiger partial charge on any atom is -0.496 e. The molecule has 16 heavy (non-hydrogen) atoms. The molecule has 84 valence electrons. The second-order valence-corrected chi connectivity index (χ2v) is 3.71. The molecule has 0 aliphatic heterocycles. The Labute approximate surface area is 94.0 Å². The fourth-order valence-corrected chi connectivity index (χ4v) is 1.58. The number of hydrogen-bond acceptors (Lipinski definition) is 4. The molecule has 0 spiro atoms. The lowest BCUT2D eigenvalue weighted by Crippen LogP contribution is -1.89. The summed E-state index contributed by atoms with van der Waals surface area (Å²) in [7, 11) is 1.65. The van der Waals surface area contributed by atoms with Gasteiger partial charge in [-0.3, -0.25) is 0 Å². The van der Waals surface area contributed by atoms with Crippen molar-refractivity contribution < 1.29 is 9.26 Å². The first-order valence-corrected chi connectivity index (χ1v) is 5.00. The Morgan fingerprint density at radius 2 is 2.06 bits per heavy atom. The van der Waals surface area contributed by atoms with Gasteiger partial charge in [-0.15, -0.1) is 0 Å². The lowest BCUT2D eigenvalue weighted by Gasteiger charge is -2.05. The van der Waals surface area contributed by atoms with Crippen LogP contribution in [0.15, 0.2) is 22.7 Å². The molecule has 0 radical (unpaired) electrons. The van der Waals surface area contributed by atoms with Crippen LogP contribution >= 0.6 is 0 Å². The summed E-state index contributed by atoms with van der Waals surface area (Å²) in [5.41, 5.74) is 8.50. The van der Waals surface area contributed by atoms with Crippen LogP contribution in [0.1, 0.15) is 11.1 Å². The summed E-state index contributed by atoms with van der Waals surface area (Å²) in [4.78, 5) is 0. The first-order valence-electron chi connectivity index (χ1n) is 5.00. The normalized spacial score (nSPS) is 10.4. The van der Waals surface area contributed by atoms with Crippen LogP contribution in [0, 0.1) is 13.8 Å². The molecule has 0 amide bonds. The van der Waals surface area contributed by atoms with E-state index < -0.39 is 0 Å². The van der Waals surface area contributed by atoms with Crippen LogP contribution in [0.3, 0.4) is 0 Å². The molecule has 0 saturated heterocycles. The van der Waals surface area contributed by atoms with Crippen molar-refractivity contribution in [3.8, 4) is 17.1 Å². The number of rotatable bonds is 2. The van der Waals surface area contributed by atoms with Gasteiger partial charge in [0.1, 0.15) is 5.75 Å². The van der Waals surface area contributed by atoms with E-state index >= 15 is 0 Å². The second kappa shape index (κ2) is 3.89. The SMILES string of the molecule is COc1cc(-c2onc(N)c2C)ccc1C. The molecular formula is C12H14N2O2. The van der Waals surface area contributed by atoms with Crippen molar-refractivity contribution in [3.63, 3.8) is 0 Å². The minimum atomic E-state index is 0.426. The highest BCUT2D eigenvalue weighted by Crippen LogP contribution is 2.30. The first kappa shape index (κ1) is 10.5. The van der Waals surface area contributed by atoms with Crippen LogP contribution in [0.25, 0.3) is 11.3 Å². The molecule has 0 fully saturated rings. The number of methoxy groups -OCH3 is 1. The van der Waals surface area contributed by atoms with Crippen LogP contribution in [-0.4, -0.2) is 12.3 Å². The fraction of sp³-hybridized carbons (Fsp3) is 0.250. The van der Waals surface area contributed by atoms with Gasteiger partial charge in [-0.25, -0.2) is 0 Å². The summed E-state index contributed by atoms with van der Waals surface area (Å²) in [6.07, 6.45) is 0. The van der Waals surface area contributed by atoms with E-state index in [0.29, 0.717) is 11.6 Å². The van der Waals surface area contributed by atoms with Crippen molar-refractivity contribution in [1.29, 1.82) is 0 Å². The van der Waals surface area contributed by atoms with Gasteiger partial charge in [-0.2, -0.15) is 0 Å². The second-order valence-electron chi connectivity index (χ2n) is 3.71. The molecule has 2 N–H and O–H groups in total. The van der Waals surface area contributed by atoms with Crippen molar-refractivity contribution >= 4 is 5.82 Å². The fourth-order valence-electron chi connectivity index (χ4n) is 1.58. The van der Waals surface area contributed by atoms with Gasteiger partial charge >= 0.3 is 0 Å². The van der Waals surface area contributed by atoms with E-state index in [1.165, 1.54) is 0 Å². The highest BCUT2D eigenvalue weighted by atomic mass is 16.5. The lowest BCUT2D eigenvalue weighted by molar-refractivity contribution is 0.410. The zero-order valence-electron chi connectivity index (χ0n) is 9.57. The van der Waals surface area contributed by atoms with E-state index in [9.17, 15) is 0 Å². The maximum Gasteiger partial charge on any atom is 0.172 e. The third-order valence-corrected chi connectivity index (χ3v) is 2.63. The number of benzene rings is 1. The Morgan fingerprint density at radius 1 is 1.31 bits per heavy atom. The predicted molar refractivity (Wildman–Crippen MR) is 62.4 cm³/mol. The van der Waals surface area contributed by atoms with E-state index in [0.717, 1.165) is 22.4 Å². The molecule has 1 heterocycles. The van der Waals surface area contributed by atoms with Crippen LogP contribution in [0.4, 0.5) is 5.82 Å². The molecule has 1 aromatic heterocycles. The smallest absolute Gasteiger partial charge is 0.172 e. The minimum absolute atomic E-state index is 0.426. The molecule has 0 unspecified atom stereocenters. The molecule has 2 rings (SSSR count). The molecular weight excluding hydrogens is 204 g/mol. The zero-order valence-corrected chi connectivity index (χ0v) is 9.57. The zero-order chi connectivity index (χ0) is 11.7. The molecule has 4 heteroatoms. The summed E-state index contributed by atoms with van der Waals surface area (Å²) in [5, 5.41) is 3.73. The van der Waals surface area contributed by atoms with Gasteiger partial charge in [0.25, 0.3) is 0 Å². The molecule has 2 aromatic rings. The largest absolute Gasteiger partial charge is 0.496 e. The van der Waals surface area contributed by atoms with Crippen LogP contribution in [0.5, 0.6) is 5.75 Å². The maximum absolute atomic E-state index is 5.64. The van der Waals surface area contributed by atoms with Crippen LogP contribution in [0.2, 0.25) is 0 Å². The number of ether oxygens (including phenoxy) is 1. The van der Waals surface area contributed by atoms with Gasteiger partial charge < -0.3 is 15.0 Å². The Hall–Kier alpha value is -1.97. The van der Waals surface area contributed by atoms with Crippen molar-refractivity contribution in [3.05, 3.63) is 29.3 Å². The number of nitrogens with two attached hydrogens (primary N) is 1. The molecule has 0 atom stereocenters. The predicted octanol–water partition coefficient (Wildman–Crippen LogP) is 2.55. The van der Waals surface area contributed by atoms with E-state index in [-0.39, 0.29) is 0 Å². The van der Waals surface area contributed by atoms with E-state index in [2.05, 4.69) is 5.16 Å². The summed E-state index contributed by atoms with van der Waals surface area (Å²) >= 11 is 0. The van der Waals surface area contributed by atoms with Gasteiger partial charge in [0.2, 0.25) is 0 Å². The summed E-state index contributed by atoms with van der Waals surface area (Å²) in [6, 6.07) is 5.86. The van der Waals surface area contributed by atoms with Crippen molar-refractivity contribution in [2.24, 2.45) is 0 Å². The van der Waals surface area contributed by atoms with Crippen LogP contribution < -0.4 is 10.5 Å². The summed E-state index contributed by atoms with van der Waals surface area (Å²) in [5.74, 6) is 1.94. The lowest BCUT2D eigenvalue weighted by atomic mass is 10.1. The van der Waals surface area contributed by atoms with E-state index in [1.54, 1.807) is 7.11 Å². The Bertz CT molecular complexity index is 518. The Morgan fingerprint density at radius 3 is 2.62 bits per heavy atom. The highest BCUT2D eigenvalue weighted by molar-refractivity contribution is 5.67. The Kier molecular flexibility index (Phi) is 2.56. The van der Waals surface area contributed by atoms with Gasteiger partial charge in [0.15, 0.2) is 11.6 Å². The molecule has 4 nitrogen and oxygen atoms in total. The van der Waals surface area contributed by atoms with Gasteiger partial charge in [-0.1, -0.05) is 17.3 Å². The van der Waals surface area contributed by atoms with Crippen LogP contribution in [-0.2, 0) is 0 Å². The third kappa shape index (κ3) is 1.62. The number of hydrogen-bond donors (Lipinski definition) is 1. The van der Waals surface area contributed by atoms with Crippen molar-refractivity contribution in [2.45, 2.75) is 13.8 Å². The van der Waals surface area contributed by atoms with Gasteiger partial charge in [-0.05, 0) is 25.5 Å². The molecule has 0 bridgehead atoms. The number of anilines is 1.